The minimum Gasteiger partial charge on any atom is -0.348 e. The molecule has 0 fully saturated rings. The molecule has 0 spiro atoms. The zero-order chi connectivity index (χ0) is 21.9. The molecule has 156 valence electrons. The van der Waals surface area contributed by atoms with Gasteiger partial charge in [0.15, 0.2) is 0 Å². The smallest absolute Gasteiger partial charge is 0.264 e. The molecule has 0 aromatic heterocycles. The predicted molar refractivity (Wildman–Crippen MR) is 111 cm³/mol. The van der Waals surface area contributed by atoms with Crippen molar-refractivity contribution in [3.8, 4) is 0 Å². The van der Waals surface area contributed by atoms with Crippen LogP contribution in [0.4, 0.5) is 14.5 Å². The number of nitrogens with one attached hydrogen (secondary N) is 1. The molecule has 0 aliphatic heterocycles. The number of carbonyl (C=O) groups excluding carboxylic acids is 1. The Morgan fingerprint density at radius 1 is 1.03 bits per heavy atom. The highest BCUT2D eigenvalue weighted by molar-refractivity contribution is 7.92. The highest BCUT2D eigenvalue weighted by Gasteiger charge is 2.24. The van der Waals surface area contributed by atoms with Crippen LogP contribution in [-0.2, 0) is 16.6 Å². The van der Waals surface area contributed by atoms with Crippen LogP contribution in [0.15, 0.2) is 71.6 Å². The third-order valence-corrected chi connectivity index (χ3v) is 6.54. The Hall–Kier alpha value is -2.97. The summed E-state index contributed by atoms with van der Waals surface area (Å²) in [5.41, 5.74) is 0.459. The van der Waals surface area contributed by atoms with Gasteiger partial charge in [-0.05, 0) is 48.5 Å². The second kappa shape index (κ2) is 8.81. The first-order valence-corrected chi connectivity index (χ1v) is 10.6. The molecule has 9 heteroatoms. The van der Waals surface area contributed by atoms with Gasteiger partial charge in [0, 0.05) is 19.2 Å². The standard InChI is InChI=1S/C21H17ClF2N2O3S/c1-26(16-8-6-15(23)7-9-16)30(28,29)17-10-11-19(22)18(12-17)21(27)25-13-14-4-2-3-5-20(14)24/h2-12H,13H2,1H3,(H,25,27). The van der Waals surface area contributed by atoms with Crippen molar-refractivity contribution in [2.24, 2.45) is 0 Å². The lowest BCUT2D eigenvalue weighted by molar-refractivity contribution is 0.0950. The van der Waals surface area contributed by atoms with E-state index in [0.717, 1.165) is 22.5 Å². The van der Waals surface area contributed by atoms with Crippen LogP contribution in [0.3, 0.4) is 0 Å². The van der Waals surface area contributed by atoms with E-state index in [1.165, 1.54) is 49.5 Å². The number of nitrogens with zero attached hydrogens (tertiary/aromatic N) is 1. The molecule has 0 heterocycles. The van der Waals surface area contributed by atoms with Crippen LogP contribution in [0.5, 0.6) is 0 Å². The average molecular weight is 451 g/mol. The minimum absolute atomic E-state index is 0.0458. The Labute approximate surface area is 178 Å². The Bertz CT molecular complexity index is 1190. The number of anilines is 1. The van der Waals surface area contributed by atoms with Crippen LogP contribution >= 0.6 is 11.6 Å². The fourth-order valence-electron chi connectivity index (χ4n) is 2.70. The summed E-state index contributed by atoms with van der Waals surface area (Å²) in [6, 6.07) is 14.6. The summed E-state index contributed by atoms with van der Waals surface area (Å²) in [6.07, 6.45) is 0. The molecule has 3 aromatic carbocycles. The number of halogens is 3. The summed E-state index contributed by atoms with van der Waals surface area (Å²) in [6.45, 7) is -0.0890. The molecule has 5 nitrogen and oxygen atoms in total. The molecular weight excluding hydrogens is 434 g/mol. The van der Waals surface area contributed by atoms with Crippen molar-refractivity contribution in [2.75, 3.05) is 11.4 Å². The molecular formula is C21H17ClF2N2O3S. The molecule has 30 heavy (non-hydrogen) atoms. The van der Waals surface area contributed by atoms with E-state index in [1.54, 1.807) is 6.07 Å². The van der Waals surface area contributed by atoms with Gasteiger partial charge in [-0.15, -0.1) is 0 Å². The van der Waals surface area contributed by atoms with Gasteiger partial charge in [-0.1, -0.05) is 29.8 Å². The highest BCUT2D eigenvalue weighted by atomic mass is 35.5. The third-order valence-electron chi connectivity index (χ3n) is 4.43. The van der Waals surface area contributed by atoms with E-state index in [2.05, 4.69) is 5.32 Å². The largest absolute Gasteiger partial charge is 0.348 e. The molecule has 0 saturated heterocycles. The van der Waals surface area contributed by atoms with Crippen molar-refractivity contribution in [2.45, 2.75) is 11.4 Å². The van der Waals surface area contributed by atoms with Gasteiger partial charge in [-0.3, -0.25) is 9.10 Å². The molecule has 3 rings (SSSR count). The maximum absolute atomic E-state index is 13.7. The molecule has 0 atom stereocenters. The van der Waals surface area contributed by atoms with Gasteiger partial charge >= 0.3 is 0 Å². The monoisotopic (exact) mass is 450 g/mol. The molecule has 0 aliphatic rings. The lowest BCUT2D eigenvalue weighted by Gasteiger charge is -2.20. The van der Waals surface area contributed by atoms with Crippen molar-refractivity contribution >= 4 is 33.2 Å². The van der Waals surface area contributed by atoms with Crippen LogP contribution in [0.25, 0.3) is 0 Å². The topological polar surface area (TPSA) is 66.5 Å². The van der Waals surface area contributed by atoms with Gasteiger partial charge in [0.05, 0.1) is 21.2 Å². The molecule has 3 aromatic rings. The van der Waals surface area contributed by atoms with Gasteiger partial charge < -0.3 is 5.32 Å². The molecule has 1 N–H and O–H groups in total. The van der Waals surface area contributed by atoms with Crippen LogP contribution in [0, 0.1) is 11.6 Å². The summed E-state index contributed by atoms with van der Waals surface area (Å²) >= 11 is 6.08. The molecule has 0 unspecified atom stereocenters. The van der Waals surface area contributed by atoms with E-state index in [9.17, 15) is 22.0 Å². The Balaban J connectivity index is 1.85. The van der Waals surface area contributed by atoms with E-state index in [1.807, 2.05) is 0 Å². The highest BCUT2D eigenvalue weighted by Crippen LogP contribution is 2.26. The Kier molecular flexibility index (Phi) is 6.38. The number of sulfonamides is 1. The van der Waals surface area contributed by atoms with Crippen molar-refractivity contribution in [3.63, 3.8) is 0 Å². The SMILES string of the molecule is CN(c1ccc(F)cc1)S(=O)(=O)c1ccc(Cl)c(C(=O)NCc2ccccc2F)c1. The number of benzene rings is 3. The van der Waals surface area contributed by atoms with Crippen LogP contribution in [-0.4, -0.2) is 21.4 Å². The number of hydrogen-bond acceptors (Lipinski definition) is 3. The van der Waals surface area contributed by atoms with E-state index < -0.39 is 27.6 Å². The summed E-state index contributed by atoms with van der Waals surface area (Å²) < 4.78 is 53.7. The fraction of sp³-hybridized carbons (Fsp3) is 0.0952. The van der Waals surface area contributed by atoms with Gasteiger partial charge in [-0.25, -0.2) is 17.2 Å². The quantitative estimate of drug-likeness (QED) is 0.606. The van der Waals surface area contributed by atoms with E-state index >= 15 is 0 Å². The van der Waals surface area contributed by atoms with E-state index in [-0.39, 0.29) is 33.3 Å². The van der Waals surface area contributed by atoms with E-state index in [0.29, 0.717) is 0 Å². The second-order valence-corrected chi connectivity index (χ2v) is 8.74. The lowest BCUT2D eigenvalue weighted by Crippen LogP contribution is -2.28. The number of amides is 1. The Morgan fingerprint density at radius 3 is 2.37 bits per heavy atom. The maximum Gasteiger partial charge on any atom is 0.264 e. The third kappa shape index (κ3) is 4.60. The first-order valence-electron chi connectivity index (χ1n) is 8.76. The number of hydrogen-bond donors (Lipinski definition) is 1. The molecule has 0 aliphatic carbocycles. The van der Waals surface area contributed by atoms with Gasteiger partial charge in [0.1, 0.15) is 11.6 Å². The summed E-state index contributed by atoms with van der Waals surface area (Å²) in [5, 5.41) is 2.57. The van der Waals surface area contributed by atoms with Crippen molar-refractivity contribution in [1.29, 1.82) is 0 Å². The molecule has 1 amide bonds. The van der Waals surface area contributed by atoms with Gasteiger partial charge in [0.25, 0.3) is 15.9 Å². The molecule has 0 radical (unpaired) electrons. The zero-order valence-electron chi connectivity index (χ0n) is 15.8. The first-order chi connectivity index (χ1) is 14.2. The second-order valence-electron chi connectivity index (χ2n) is 6.36. The summed E-state index contributed by atoms with van der Waals surface area (Å²) in [7, 11) is -2.72. The molecule has 0 bridgehead atoms. The van der Waals surface area contributed by atoms with Crippen molar-refractivity contribution in [1.82, 2.24) is 5.32 Å². The maximum atomic E-state index is 13.7. The van der Waals surface area contributed by atoms with Crippen molar-refractivity contribution < 1.29 is 22.0 Å². The summed E-state index contributed by atoms with van der Waals surface area (Å²) in [5.74, 6) is -1.62. The minimum atomic E-state index is -4.04. The zero-order valence-corrected chi connectivity index (χ0v) is 17.3. The fourth-order valence-corrected chi connectivity index (χ4v) is 4.12. The van der Waals surface area contributed by atoms with Gasteiger partial charge in [0.2, 0.25) is 0 Å². The van der Waals surface area contributed by atoms with Crippen LogP contribution in [0.1, 0.15) is 15.9 Å². The lowest BCUT2D eigenvalue weighted by atomic mass is 10.2. The Morgan fingerprint density at radius 2 is 1.70 bits per heavy atom. The predicted octanol–water partition coefficient (Wildman–Crippen LogP) is 4.37. The molecule has 0 saturated carbocycles. The van der Waals surface area contributed by atoms with Crippen LogP contribution in [0.2, 0.25) is 5.02 Å². The number of rotatable bonds is 6. The first kappa shape index (κ1) is 21.7. The summed E-state index contributed by atoms with van der Waals surface area (Å²) in [4.78, 5) is 12.4. The normalized spacial score (nSPS) is 11.2. The van der Waals surface area contributed by atoms with Crippen molar-refractivity contribution in [3.05, 3.63) is 94.5 Å². The average Bonchev–Trinajstić information content (AvgIpc) is 2.73. The van der Waals surface area contributed by atoms with Crippen LogP contribution < -0.4 is 9.62 Å². The van der Waals surface area contributed by atoms with Gasteiger partial charge in [-0.2, -0.15) is 0 Å². The number of carbonyl (C=O) groups is 1. The van der Waals surface area contributed by atoms with E-state index in [4.69, 9.17) is 11.6 Å².